The summed E-state index contributed by atoms with van der Waals surface area (Å²) in [5, 5.41) is 0. The van der Waals surface area contributed by atoms with Crippen molar-refractivity contribution in [2.75, 3.05) is 17.2 Å². The Hall–Kier alpha value is -1.71. The Bertz CT molecular complexity index is 500. The summed E-state index contributed by atoms with van der Waals surface area (Å²) in [6, 6.07) is 5.97. The first-order chi connectivity index (χ1) is 9.16. The van der Waals surface area contributed by atoms with Gasteiger partial charge in [-0.05, 0) is 49.8 Å². The molecule has 1 aliphatic carbocycles. The molecule has 1 amide bonds. The summed E-state index contributed by atoms with van der Waals surface area (Å²) < 4.78 is 0. The number of anilines is 2. The van der Waals surface area contributed by atoms with Crippen LogP contribution >= 0.6 is 0 Å². The number of amides is 1. The fraction of sp³-hybridized carbons (Fsp3) is 0.533. The van der Waals surface area contributed by atoms with Crippen molar-refractivity contribution in [3.63, 3.8) is 0 Å². The molecule has 1 aromatic carbocycles. The van der Waals surface area contributed by atoms with Gasteiger partial charge < -0.3 is 16.4 Å². The van der Waals surface area contributed by atoms with Crippen LogP contribution in [0.2, 0.25) is 0 Å². The largest absolute Gasteiger partial charge is 0.399 e. The number of primary amides is 1. The molecule has 0 bridgehead atoms. The molecule has 1 heterocycles. The first-order valence-corrected chi connectivity index (χ1v) is 7.13. The smallest absolute Gasteiger partial charge is 0.250 e. The van der Waals surface area contributed by atoms with E-state index in [1.54, 1.807) is 12.1 Å². The van der Waals surface area contributed by atoms with Crippen molar-refractivity contribution < 1.29 is 4.79 Å². The number of carbonyl (C=O) groups is 1. The second kappa shape index (κ2) is 4.76. The van der Waals surface area contributed by atoms with E-state index in [0.29, 0.717) is 17.3 Å². The van der Waals surface area contributed by atoms with Crippen molar-refractivity contribution in [1.82, 2.24) is 0 Å². The number of nitrogens with zero attached hydrogens (tertiary/aromatic N) is 1. The van der Waals surface area contributed by atoms with Crippen molar-refractivity contribution in [3.05, 3.63) is 23.8 Å². The Morgan fingerprint density at radius 2 is 2.00 bits per heavy atom. The highest BCUT2D eigenvalue weighted by molar-refractivity contribution is 5.99. The molecule has 0 spiro atoms. The Balaban J connectivity index is 2.00. The summed E-state index contributed by atoms with van der Waals surface area (Å²) in [5.74, 6) is 0.408. The van der Waals surface area contributed by atoms with Crippen molar-refractivity contribution in [2.45, 2.75) is 38.1 Å². The second-order valence-electron chi connectivity index (χ2n) is 5.73. The lowest BCUT2D eigenvalue weighted by molar-refractivity contribution is 0.100. The van der Waals surface area contributed by atoms with E-state index in [9.17, 15) is 4.79 Å². The minimum absolute atomic E-state index is 0.366. The van der Waals surface area contributed by atoms with Crippen molar-refractivity contribution in [3.8, 4) is 0 Å². The number of benzene rings is 1. The van der Waals surface area contributed by atoms with Crippen LogP contribution in [0.1, 0.15) is 42.5 Å². The van der Waals surface area contributed by atoms with Gasteiger partial charge in [-0.1, -0.05) is 6.42 Å². The van der Waals surface area contributed by atoms with E-state index in [0.717, 1.165) is 18.2 Å². The van der Waals surface area contributed by atoms with Gasteiger partial charge >= 0.3 is 0 Å². The normalized spacial score (nSPS) is 26.2. The van der Waals surface area contributed by atoms with Crippen molar-refractivity contribution in [1.29, 1.82) is 0 Å². The second-order valence-corrected chi connectivity index (χ2v) is 5.73. The number of piperidine rings is 1. The van der Waals surface area contributed by atoms with E-state index < -0.39 is 0 Å². The highest BCUT2D eigenvalue weighted by Crippen LogP contribution is 2.40. The lowest BCUT2D eigenvalue weighted by atomic mass is 9.91. The van der Waals surface area contributed by atoms with Crippen LogP contribution in [0.25, 0.3) is 0 Å². The number of carbonyl (C=O) groups excluding carboxylic acids is 1. The van der Waals surface area contributed by atoms with Gasteiger partial charge in [0.2, 0.25) is 0 Å². The van der Waals surface area contributed by atoms with Crippen molar-refractivity contribution >= 4 is 17.3 Å². The molecule has 2 unspecified atom stereocenters. The summed E-state index contributed by atoms with van der Waals surface area (Å²) in [7, 11) is 0. The van der Waals surface area contributed by atoms with E-state index in [2.05, 4.69) is 4.90 Å². The van der Waals surface area contributed by atoms with Crippen LogP contribution in [0, 0.1) is 5.92 Å². The monoisotopic (exact) mass is 259 g/mol. The average molecular weight is 259 g/mol. The maximum Gasteiger partial charge on any atom is 0.250 e. The van der Waals surface area contributed by atoms with Gasteiger partial charge in [-0.2, -0.15) is 0 Å². The molecule has 0 radical (unpaired) electrons. The van der Waals surface area contributed by atoms with Gasteiger partial charge in [0.15, 0.2) is 0 Å². The number of fused-ring (bicyclic) bond motifs is 1. The molecule has 1 saturated heterocycles. The van der Waals surface area contributed by atoms with Gasteiger partial charge in [0.25, 0.3) is 5.91 Å². The van der Waals surface area contributed by atoms with Gasteiger partial charge in [0.1, 0.15) is 0 Å². The molecule has 0 aromatic heterocycles. The Morgan fingerprint density at radius 3 is 2.79 bits per heavy atom. The molecule has 4 nitrogen and oxygen atoms in total. The van der Waals surface area contributed by atoms with E-state index in [4.69, 9.17) is 11.5 Å². The average Bonchev–Trinajstić information content (AvgIpc) is 2.86. The Morgan fingerprint density at radius 1 is 1.21 bits per heavy atom. The first kappa shape index (κ1) is 12.3. The predicted molar refractivity (Wildman–Crippen MR) is 77.1 cm³/mol. The minimum atomic E-state index is -0.366. The Labute approximate surface area is 113 Å². The number of hydrogen-bond acceptors (Lipinski definition) is 3. The first-order valence-electron chi connectivity index (χ1n) is 7.13. The molecule has 3 rings (SSSR count). The van der Waals surface area contributed by atoms with Gasteiger partial charge in [0.05, 0.1) is 11.3 Å². The molecule has 4 N–H and O–H groups in total. The summed E-state index contributed by atoms with van der Waals surface area (Å²) >= 11 is 0. The fourth-order valence-electron chi connectivity index (χ4n) is 3.75. The summed E-state index contributed by atoms with van der Waals surface area (Å²) in [4.78, 5) is 14.0. The van der Waals surface area contributed by atoms with Gasteiger partial charge in [-0.3, -0.25) is 4.79 Å². The van der Waals surface area contributed by atoms with E-state index in [-0.39, 0.29) is 5.91 Å². The zero-order chi connectivity index (χ0) is 13.4. The van der Waals surface area contributed by atoms with Gasteiger partial charge in [-0.15, -0.1) is 0 Å². The zero-order valence-electron chi connectivity index (χ0n) is 11.1. The van der Waals surface area contributed by atoms with Crippen molar-refractivity contribution in [2.24, 2.45) is 11.7 Å². The van der Waals surface area contributed by atoms with Gasteiger partial charge in [0, 0.05) is 18.3 Å². The quantitative estimate of drug-likeness (QED) is 0.799. The van der Waals surface area contributed by atoms with Crippen LogP contribution < -0.4 is 16.4 Å². The summed E-state index contributed by atoms with van der Waals surface area (Å²) in [6.45, 7) is 1.00. The third-order valence-corrected chi connectivity index (χ3v) is 4.59. The van der Waals surface area contributed by atoms with E-state index in [1.165, 1.54) is 32.1 Å². The third kappa shape index (κ3) is 2.15. The topological polar surface area (TPSA) is 72.3 Å². The molecule has 1 saturated carbocycles. The fourth-order valence-corrected chi connectivity index (χ4v) is 3.75. The lowest BCUT2D eigenvalue weighted by Crippen LogP contribution is -2.43. The molecule has 102 valence electrons. The van der Waals surface area contributed by atoms with Crippen LogP contribution in [-0.4, -0.2) is 18.5 Å². The number of nitrogen functional groups attached to an aromatic ring is 1. The standard InChI is InChI=1S/C15H21N3O/c16-11-6-7-12(15(17)19)14(9-11)18-8-2-4-10-3-1-5-13(10)18/h6-7,9-10,13H,1-5,8,16H2,(H2,17,19). The van der Waals surface area contributed by atoms with Crippen LogP contribution in [0.5, 0.6) is 0 Å². The zero-order valence-corrected chi connectivity index (χ0v) is 11.1. The predicted octanol–water partition coefficient (Wildman–Crippen LogP) is 2.14. The molecule has 4 heteroatoms. The Kier molecular flexibility index (Phi) is 3.09. The third-order valence-electron chi connectivity index (χ3n) is 4.59. The SMILES string of the molecule is NC(=O)c1ccc(N)cc1N1CCCC2CCCC21. The van der Waals surface area contributed by atoms with Crippen LogP contribution in [0.4, 0.5) is 11.4 Å². The molecule has 1 aliphatic heterocycles. The number of nitrogens with two attached hydrogens (primary N) is 2. The summed E-state index contributed by atoms with van der Waals surface area (Å²) in [5.41, 5.74) is 13.6. The van der Waals surface area contributed by atoms with Crippen LogP contribution in [0.15, 0.2) is 18.2 Å². The molecular weight excluding hydrogens is 238 g/mol. The molecule has 2 atom stereocenters. The van der Waals surface area contributed by atoms with E-state index >= 15 is 0 Å². The number of rotatable bonds is 2. The highest BCUT2D eigenvalue weighted by Gasteiger charge is 2.36. The molecule has 2 fully saturated rings. The van der Waals surface area contributed by atoms with Crippen LogP contribution in [0.3, 0.4) is 0 Å². The molecular formula is C15H21N3O. The highest BCUT2D eigenvalue weighted by atomic mass is 16.1. The molecule has 19 heavy (non-hydrogen) atoms. The van der Waals surface area contributed by atoms with Crippen LogP contribution in [-0.2, 0) is 0 Å². The summed E-state index contributed by atoms with van der Waals surface area (Å²) in [6.07, 6.45) is 6.33. The maximum absolute atomic E-state index is 11.6. The molecule has 2 aliphatic rings. The minimum Gasteiger partial charge on any atom is -0.399 e. The maximum atomic E-state index is 11.6. The number of hydrogen-bond donors (Lipinski definition) is 2. The van der Waals surface area contributed by atoms with E-state index in [1.807, 2.05) is 6.07 Å². The molecule has 1 aromatic rings. The van der Waals surface area contributed by atoms with Gasteiger partial charge in [-0.25, -0.2) is 0 Å². The lowest BCUT2D eigenvalue weighted by Gasteiger charge is -2.40.